The van der Waals surface area contributed by atoms with Crippen LogP contribution in [0.5, 0.6) is 0 Å². The third-order valence-corrected chi connectivity index (χ3v) is 3.48. The second-order valence-corrected chi connectivity index (χ2v) is 5.14. The van der Waals surface area contributed by atoms with E-state index in [0.717, 1.165) is 16.5 Å². The molecule has 0 saturated carbocycles. The molecule has 108 valence electrons. The highest BCUT2D eigenvalue weighted by Crippen LogP contribution is 2.17. The fourth-order valence-corrected chi connectivity index (χ4v) is 2.43. The van der Waals surface area contributed by atoms with Crippen molar-refractivity contribution in [2.45, 2.75) is 26.3 Å². The fourth-order valence-electron chi connectivity index (χ4n) is 1.69. The molecule has 0 aromatic carbocycles. The molecule has 0 radical (unpaired) electrons. The van der Waals surface area contributed by atoms with E-state index in [4.69, 9.17) is 4.74 Å². The minimum absolute atomic E-state index is 0.177. The van der Waals surface area contributed by atoms with E-state index in [1.165, 1.54) is 11.3 Å². The van der Waals surface area contributed by atoms with Gasteiger partial charge in [-0.15, -0.1) is 11.3 Å². The molecule has 2 heterocycles. The van der Waals surface area contributed by atoms with Gasteiger partial charge in [0, 0.05) is 25.0 Å². The number of carbonyl (C=O) groups excluding carboxylic acids is 1. The van der Waals surface area contributed by atoms with Crippen molar-refractivity contribution in [3.63, 3.8) is 0 Å². The Morgan fingerprint density at radius 2 is 2.35 bits per heavy atom. The number of carbonyl (C=O) groups is 1. The van der Waals surface area contributed by atoms with Crippen LogP contribution in [0.3, 0.4) is 0 Å². The third kappa shape index (κ3) is 4.34. The van der Waals surface area contributed by atoms with Crippen LogP contribution < -0.4 is 5.32 Å². The van der Waals surface area contributed by atoms with Gasteiger partial charge in [-0.25, -0.2) is 4.98 Å². The standard InChI is InChI=1S/C13H18N4O2S/c1-3-19-12(18)5-4-11-9-20-13(15-11)14-8-10-6-7-17(2)16-10/h6-7,9H,3-5,8H2,1-2H3,(H,14,15). The molecule has 0 fully saturated rings. The van der Waals surface area contributed by atoms with E-state index in [1.54, 1.807) is 11.6 Å². The maximum absolute atomic E-state index is 11.3. The van der Waals surface area contributed by atoms with Crippen molar-refractivity contribution < 1.29 is 9.53 Å². The van der Waals surface area contributed by atoms with Gasteiger partial charge in [0.2, 0.25) is 0 Å². The summed E-state index contributed by atoms with van der Waals surface area (Å²) in [5.74, 6) is -0.177. The molecule has 20 heavy (non-hydrogen) atoms. The first kappa shape index (κ1) is 14.5. The average Bonchev–Trinajstić information content (AvgIpc) is 3.03. The van der Waals surface area contributed by atoms with E-state index >= 15 is 0 Å². The summed E-state index contributed by atoms with van der Waals surface area (Å²) in [6.07, 6.45) is 2.89. The number of anilines is 1. The molecule has 0 amide bonds. The summed E-state index contributed by atoms with van der Waals surface area (Å²) in [7, 11) is 1.89. The number of esters is 1. The van der Waals surface area contributed by atoms with Crippen molar-refractivity contribution in [2.75, 3.05) is 11.9 Å². The molecule has 2 rings (SSSR count). The molecule has 6 nitrogen and oxygen atoms in total. The van der Waals surface area contributed by atoms with Crippen LogP contribution in [0.25, 0.3) is 0 Å². The molecule has 0 saturated heterocycles. The number of ether oxygens (including phenoxy) is 1. The van der Waals surface area contributed by atoms with Crippen molar-refractivity contribution in [3.05, 3.63) is 29.0 Å². The van der Waals surface area contributed by atoms with E-state index < -0.39 is 0 Å². The minimum Gasteiger partial charge on any atom is -0.466 e. The van der Waals surface area contributed by atoms with Gasteiger partial charge >= 0.3 is 5.97 Å². The zero-order chi connectivity index (χ0) is 14.4. The molecule has 7 heteroatoms. The predicted molar refractivity (Wildman–Crippen MR) is 77.6 cm³/mol. The summed E-state index contributed by atoms with van der Waals surface area (Å²) in [6.45, 7) is 2.87. The Hall–Kier alpha value is -1.89. The van der Waals surface area contributed by atoms with Crippen LogP contribution in [0.15, 0.2) is 17.6 Å². The van der Waals surface area contributed by atoms with Gasteiger partial charge < -0.3 is 10.1 Å². The molecule has 0 bridgehead atoms. The molecular weight excluding hydrogens is 276 g/mol. The Bertz CT molecular complexity index is 564. The topological polar surface area (TPSA) is 69.0 Å². The Labute approximate surface area is 121 Å². The molecule has 2 aromatic rings. The summed E-state index contributed by atoms with van der Waals surface area (Å²) in [4.78, 5) is 15.7. The van der Waals surface area contributed by atoms with Gasteiger partial charge in [0.15, 0.2) is 5.13 Å². The van der Waals surface area contributed by atoms with E-state index in [-0.39, 0.29) is 5.97 Å². The van der Waals surface area contributed by atoms with Crippen molar-refractivity contribution in [1.29, 1.82) is 0 Å². The monoisotopic (exact) mass is 294 g/mol. The van der Waals surface area contributed by atoms with Crippen LogP contribution in [-0.4, -0.2) is 27.3 Å². The largest absolute Gasteiger partial charge is 0.466 e. The summed E-state index contributed by atoms with van der Waals surface area (Å²) >= 11 is 1.53. The molecule has 2 aromatic heterocycles. The summed E-state index contributed by atoms with van der Waals surface area (Å²) in [5, 5.41) is 10.3. The normalized spacial score (nSPS) is 10.5. The van der Waals surface area contributed by atoms with Crippen molar-refractivity contribution in [2.24, 2.45) is 7.05 Å². The number of nitrogens with zero attached hydrogens (tertiary/aromatic N) is 3. The van der Waals surface area contributed by atoms with Crippen LogP contribution in [0.4, 0.5) is 5.13 Å². The summed E-state index contributed by atoms with van der Waals surface area (Å²) in [5.41, 5.74) is 1.88. The van der Waals surface area contributed by atoms with Gasteiger partial charge in [-0.2, -0.15) is 5.10 Å². The second kappa shape index (κ2) is 7.04. The van der Waals surface area contributed by atoms with Crippen LogP contribution in [0.1, 0.15) is 24.7 Å². The fraction of sp³-hybridized carbons (Fsp3) is 0.462. The third-order valence-electron chi connectivity index (χ3n) is 2.63. The molecule has 0 aliphatic heterocycles. The van der Waals surface area contributed by atoms with E-state index in [0.29, 0.717) is 26.0 Å². The lowest BCUT2D eigenvalue weighted by molar-refractivity contribution is -0.143. The number of hydrogen-bond donors (Lipinski definition) is 1. The maximum Gasteiger partial charge on any atom is 0.306 e. The van der Waals surface area contributed by atoms with Crippen molar-refractivity contribution in [3.8, 4) is 0 Å². The number of nitrogens with one attached hydrogen (secondary N) is 1. The van der Waals surface area contributed by atoms with Crippen LogP contribution in [-0.2, 0) is 29.5 Å². The van der Waals surface area contributed by atoms with Crippen molar-refractivity contribution >= 4 is 22.4 Å². The smallest absolute Gasteiger partial charge is 0.306 e. The number of thiazole rings is 1. The molecule has 1 N–H and O–H groups in total. The van der Waals surface area contributed by atoms with Gasteiger partial charge in [0.1, 0.15) is 0 Å². The van der Waals surface area contributed by atoms with E-state index in [9.17, 15) is 4.79 Å². The van der Waals surface area contributed by atoms with E-state index in [2.05, 4.69) is 15.4 Å². The lowest BCUT2D eigenvalue weighted by Crippen LogP contribution is -2.05. The molecule has 0 atom stereocenters. The van der Waals surface area contributed by atoms with Gasteiger partial charge in [-0.3, -0.25) is 9.48 Å². The Morgan fingerprint density at radius 1 is 1.50 bits per heavy atom. The number of aryl methyl sites for hydroxylation is 2. The van der Waals surface area contributed by atoms with E-state index in [1.807, 2.05) is 24.7 Å². The zero-order valence-electron chi connectivity index (χ0n) is 11.6. The highest BCUT2D eigenvalue weighted by Gasteiger charge is 2.06. The first-order chi connectivity index (χ1) is 9.67. The molecule has 0 aliphatic rings. The molecule has 0 spiro atoms. The Balaban J connectivity index is 1.78. The highest BCUT2D eigenvalue weighted by atomic mass is 32.1. The van der Waals surface area contributed by atoms with Crippen LogP contribution in [0, 0.1) is 0 Å². The lowest BCUT2D eigenvalue weighted by Gasteiger charge is -2.00. The lowest BCUT2D eigenvalue weighted by atomic mass is 10.2. The Morgan fingerprint density at radius 3 is 3.05 bits per heavy atom. The van der Waals surface area contributed by atoms with Gasteiger partial charge in [-0.1, -0.05) is 0 Å². The number of hydrogen-bond acceptors (Lipinski definition) is 6. The SMILES string of the molecule is CCOC(=O)CCc1csc(NCc2ccn(C)n2)n1. The van der Waals surface area contributed by atoms with Crippen LogP contribution in [0.2, 0.25) is 0 Å². The average molecular weight is 294 g/mol. The first-order valence-electron chi connectivity index (χ1n) is 6.49. The summed E-state index contributed by atoms with van der Waals surface area (Å²) in [6, 6.07) is 1.96. The first-order valence-corrected chi connectivity index (χ1v) is 7.37. The van der Waals surface area contributed by atoms with Gasteiger partial charge in [-0.05, 0) is 13.0 Å². The highest BCUT2D eigenvalue weighted by molar-refractivity contribution is 7.13. The zero-order valence-corrected chi connectivity index (χ0v) is 12.4. The summed E-state index contributed by atoms with van der Waals surface area (Å²) < 4.78 is 6.66. The van der Waals surface area contributed by atoms with Crippen molar-refractivity contribution in [1.82, 2.24) is 14.8 Å². The molecule has 0 unspecified atom stereocenters. The quantitative estimate of drug-likeness (QED) is 0.791. The second-order valence-electron chi connectivity index (χ2n) is 4.28. The molecule has 0 aliphatic carbocycles. The minimum atomic E-state index is -0.177. The Kier molecular flexibility index (Phi) is 5.11. The number of aromatic nitrogens is 3. The molecular formula is C13H18N4O2S. The maximum atomic E-state index is 11.3. The van der Waals surface area contributed by atoms with Gasteiger partial charge in [0.25, 0.3) is 0 Å². The number of rotatable bonds is 7. The van der Waals surface area contributed by atoms with Gasteiger partial charge in [0.05, 0.1) is 31.0 Å². The van der Waals surface area contributed by atoms with Crippen LogP contribution >= 0.6 is 11.3 Å². The predicted octanol–water partition coefficient (Wildman–Crippen LogP) is 1.98.